The molecule has 0 aliphatic carbocycles. The largest absolute Gasteiger partial charge is 0.486 e. The van der Waals surface area contributed by atoms with Gasteiger partial charge in [-0.15, -0.1) is 0 Å². The summed E-state index contributed by atoms with van der Waals surface area (Å²) in [5.41, 5.74) is 6.26. The molecule has 2 aromatic rings. The van der Waals surface area contributed by atoms with E-state index in [4.69, 9.17) is 9.47 Å². The SMILES string of the molecule is O=C(CCc1ccccc1Br)NNC(=O)c1ccc2c(c1)OCCO2. The predicted octanol–water partition coefficient (Wildman–Crippen LogP) is 2.61. The number of aryl methyl sites for hydroxylation is 1. The van der Waals surface area contributed by atoms with Gasteiger partial charge in [-0.3, -0.25) is 20.4 Å². The first kappa shape index (κ1) is 17.3. The van der Waals surface area contributed by atoms with Crippen LogP contribution in [0.3, 0.4) is 0 Å². The van der Waals surface area contributed by atoms with Gasteiger partial charge in [-0.2, -0.15) is 0 Å². The Balaban J connectivity index is 1.50. The zero-order valence-corrected chi connectivity index (χ0v) is 15.0. The van der Waals surface area contributed by atoms with E-state index in [-0.39, 0.29) is 12.3 Å². The van der Waals surface area contributed by atoms with Gasteiger partial charge >= 0.3 is 0 Å². The molecule has 6 nitrogen and oxygen atoms in total. The van der Waals surface area contributed by atoms with Gasteiger partial charge in [0.15, 0.2) is 11.5 Å². The van der Waals surface area contributed by atoms with Gasteiger partial charge in [-0.05, 0) is 36.2 Å². The van der Waals surface area contributed by atoms with E-state index in [1.807, 2.05) is 24.3 Å². The van der Waals surface area contributed by atoms with E-state index in [0.717, 1.165) is 10.0 Å². The molecule has 2 amide bonds. The van der Waals surface area contributed by atoms with Gasteiger partial charge < -0.3 is 9.47 Å². The fourth-order valence-electron chi connectivity index (χ4n) is 2.40. The molecule has 0 saturated carbocycles. The van der Waals surface area contributed by atoms with Gasteiger partial charge in [0.25, 0.3) is 5.91 Å². The highest BCUT2D eigenvalue weighted by Gasteiger charge is 2.15. The number of hydrogen-bond acceptors (Lipinski definition) is 4. The Morgan fingerprint density at radius 1 is 1.00 bits per heavy atom. The van der Waals surface area contributed by atoms with Crippen molar-refractivity contribution in [1.29, 1.82) is 0 Å². The lowest BCUT2D eigenvalue weighted by Crippen LogP contribution is -2.41. The Hall–Kier alpha value is -2.54. The van der Waals surface area contributed by atoms with Crippen LogP contribution in [-0.2, 0) is 11.2 Å². The lowest BCUT2D eigenvalue weighted by molar-refractivity contribution is -0.121. The summed E-state index contributed by atoms with van der Waals surface area (Å²) in [6.45, 7) is 0.940. The van der Waals surface area contributed by atoms with Gasteiger partial charge in [0, 0.05) is 16.5 Å². The molecule has 0 fully saturated rings. The van der Waals surface area contributed by atoms with E-state index in [1.165, 1.54) is 0 Å². The van der Waals surface area contributed by atoms with Crippen LogP contribution >= 0.6 is 15.9 Å². The van der Waals surface area contributed by atoms with Crippen LogP contribution in [0, 0.1) is 0 Å². The highest BCUT2D eigenvalue weighted by molar-refractivity contribution is 9.10. The van der Waals surface area contributed by atoms with Gasteiger partial charge in [0.05, 0.1) is 0 Å². The Morgan fingerprint density at radius 3 is 2.56 bits per heavy atom. The molecule has 3 rings (SSSR count). The monoisotopic (exact) mass is 404 g/mol. The number of carbonyl (C=O) groups excluding carboxylic acids is 2. The topological polar surface area (TPSA) is 76.7 Å². The minimum absolute atomic E-state index is 0.262. The van der Waals surface area contributed by atoms with Crippen LogP contribution in [0.5, 0.6) is 11.5 Å². The molecule has 7 heteroatoms. The highest BCUT2D eigenvalue weighted by Crippen LogP contribution is 2.30. The Bertz CT molecular complexity index is 794. The summed E-state index contributed by atoms with van der Waals surface area (Å²) in [6, 6.07) is 12.6. The summed E-state index contributed by atoms with van der Waals surface area (Å²) in [5, 5.41) is 0. The molecule has 1 heterocycles. The smallest absolute Gasteiger partial charge is 0.269 e. The first-order chi connectivity index (χ1) is 12.1. The maximum absolute atomic E-state index is 12.1. The molecule has 1 aliphatic heterocycles. The minimum Gasteiger partial charge on any atom is -0.486 e. The number of rotatable bonds is 4. The maximum atomic E-state index is 12.1. The average molecular weight is 405 g/mol. The van der Waals surface area contributed by atoms with Crippen molar-refractivity contribution in [1.82, 2.24) is 10.9 Å². The van der Waals surface area contributed by atoms with Crippen LogP contribution in [0.2, 0.25) is 0 Å². The molecule has 0 unspecified atom stereocenters. The number of benzene rings is 2. The first-order valence-electron chi connectivity index (χ1n) is 7.86. The van der Waals surface area contributed by atoms with Crippen LogP contribution < -0.4 is 20.3 Å². The van der Waals surface area contributed by atoms with Crippen molar-refractivity contribution in [2.75, 3.05) is 13.2 Å². The van der Waals surface area contributed by atoms with Crippen LogP contribution in [0.25, 0.3) is 0 Å². The number of halogens is 1. The fourth-order valence-corrected chi connectivity index (χ4v) is 2.88. The molecular weight excluding hydrogens is 388 g/mol. The van der Waals surface area contributed by atoms with Gasteiger partial charge in [0.1, 0.15) is 13.2 Å². The second-order valence-corrected chi connectivity index (χ2v) is 6.31. The summed E-state index contributed by atoms with van der Waals surface area (Å²) < 4.78 is 11.8. The summed E-state index contributed by atoms with van der Waals surface area (Å²) >= 11 is 3.45. The van der Waals surface area contributed by atoms with E-state index < -0.39 is 5.91 Å². The lowest BCUT2D eigenvalue weighted by Gasteiger charge is -2.18. The molecule has 0 aromatic heterocycles. The molecule has 0 spiro atoms. The van der Waals surface area contributed by atoms with Crippen molar-refractivity contribution >= 4 is 27.7 Å². The van der Waals surface area contributed by atoms with Crippen LogP contribution in [0.1, 0.15) is 22.3 Å². The molecule has 0 atom stereocenters. The standard InChI is InChI=1S/C18H17BrN2O4/c19-14-4-2-1-3-12(14)6-8-17(22)20-21-18(23)13-5-7-15-16(11-13)25-10-9-24-15/h1-5,7,11H,6,8-10H2,(H,20,22)(H,21,23). The summed E-state index contributed by atoms with van der Waals surface area (Å²) in [7, 11) is 0. The number of ether oxygens (including phenoxy) is 2. The van der Waals surface area contributed by atoms with E-state index in [1.54, 1.807) is 18.2 Å². The molecular formula is C18H17BrN2O4. The summed E-state index contributed by atoms with van der Waals surface area (Å²) in [4.78, 5) is 24.0. The molecule has 0 saturated heterocycles. The Labute approximate surface area is 153 Å². The van der Waals surface area contributed by atoms with E-state index >= 15 is 0 Å². The minimum atomic E-state index is -0.411. The second kappa shape index (κ2) is 8.02. The van der Waals surface area contributed by atoms with Crippen molar-refractivity contribution in [3.05, 3.63) is 58.1 Å². The molecule has 1 aliphatic rings. The number of hydrazine groups is 1. The molecule has 2 aromatic carbocycles. The molecule has 25 heavy (non-hydrogen) atoms. The maximum Gasteiger partial charge on any atom is 0.269 e. The number of amides is 2. The van der Waals surface area contributed by atoms with Crippen molar-refractivity contribution in [3.63, 3.8) is 0 Å². The van der Waals surface area contributed by atoms with E-state index in [9.17, 15) is 9.59 Å². The van der Waals surface area contributed by atoms with Crippen molar-refractivity contribution in [3.8, 4) is 11.5 Å². The summed E-state index contributed by atoms with van der Waals surface area (Å²) in [6.07, 6.45) is 0.844. The third kappa shape index (κ3) is 4.51. The number of fused-ring (bicyclic) bond motifs is 1. The fraction of sp³-hybridized carbons (Fsp3) is 0.222. The Kier molecular flexibility index (Phi) is 5.55. The van der Waals surface area contributed by atoms with Crippen LogP contribution in [-0.4, -0.2) is 25.0 Å². The van der Waals surface area contributed by atoms with Gasteiger partial charge in [-0.25, -0.2) is 0 Å². The normalized spacial score (nSPS) is 12.4. The zero-order valence-electron chi connectivity index (χ0n) is 13.4. The number of hydrogen-bond donors (Lipinski definition) is 2. The first-order valence-corrected chi connectivity index (χ1v) is 8.65. The van der Waals surface area contributed by atoms with Gasteiger partial charge in [-0.1, -0.05) is 34.1 Å². The second-order valence-electron chi connectivity index (χ2n) is 5.45. The van der Waals surface area contributed by atoms with Crippen molar-refractivity contribution in [2.24, 2.45) is 0 Å². The Morgan fingerprint density at radius 2 is 1.76 bits per heavy atom. The lowest BCUT2D eigenvalue weighted by atomic mass is 10.1. The van der Waals surface area contributed by atoms with Crippen LogP contribution in [0.15, 0.2) is 46.9 Å². The third-order valence-corrected chi connectivity index (χ3v) is 4.47. The quantitative estimate of drug-likeness (QED) is 0.767. The van der Waals surface area contributed by atoms with E-state index in [0.29, 0.717) is 36.7 Å². The van der Waals surface area contributed by atoms with Crippen LogP contribution in [0.4, 0.5) is 0 Å². The zero-order chi connectivity index (χ0) is 17.6. The molecule has 130 valence electrons. The predicted molar refractivity (Wildman–Crippen MR) is 95.5 cm³/mol. The molecule has 0 radical (unpaired) electrons. The van der Waals surface area contributed by atoms with Gasteiger partial charge in [0.2, 0.25) is 5.91 Å². The number of carbonyl (C=O) groups is 2. The number of nitrogens with one attached hydrogen (secondary N) is 2. The van der Waals surface area contributed by atoms with Crippen molar-refractivity contribution in [2.45, 2.75) is 12.8 Å². The molecule has 2 N–H and O–H groups in total. The highest BCUT2D eigenvalue weighted by atomic mass is 79.9. The summed E-state index contributed by atoms with van der Waals surface area (Å²) in [5.74, 6) is 0.465. The van der Waals surface area contributed by atoms with Crippen molar-refractivity contribution < 1.29 is 19.1 Å². The average Bonchev–Trinajstić information content (AvgIpc) is 2.65. The third-order valence-electron chi connectivity index (χ3n) is 3.70. The van der Waals surface area contributed by atoms with E-state index in [2.05, 4.69) is 26.8 Å². The molecule has 0 bridgehead atoms.